The number of halogens is 1. The molecule has 0 atom stereocenters. The van der Waals surface area contributed by atoms with Gasteiger partial charge in [0, 0.05) is 25.1 Å². The topological polar surface area (TPSA) is 106 Å². The number of nitrogens with zero attached hydrogens (tertiary/aromatic N) is 2. The number of H-pyrrole nitrogens is 1. The van der Waals surface area contributed by atoms with Crippen LogP contribution in [-0.2, 0) is 6.54 Å². The van der Waals surface area contributed by atoms with Gasteiger partial charge in [-0.2, -0.15) is 0 Å². The molecule has 24 heavy (non-hydrogen) atoms. The van der Waals surface area contributed by atoms with Crippen molar-refractivity contribution in [2.45, 2.75) is 6.54 Å². The maximum Gasteiger partial charge on any atom is 0.267 e. The summed E-state index contributed by atoms with van der Waals surface area (Å²) in [6.07, 6.45) is 6.06. The Labute approximate surface area is 136 Å². The molecule has 0 aliphatic carbocycles. The normalized spacial score (nSPS) is 10.5. The van der Waals surface area contributed by atoms with Gasteiger partial charge in [0.25, 0.3) is 5.91 Å². The van der Waals surface area contributed by atoms with E-state index in [0.29, 0.717) is 11.3 Å². The van der Waals surface area contributed by atoms with Crippen molar-refractivity contribution in [3.63, 3.8) is 0 Å². The lowest BCUT2D eigenvalue weighted by atomic mass is 10.2. The molecule has 0 spiro atoms. The molecule has 0 aliphatic heterocycles. The molecule has 4 N–H and O–H groups in total. The Kier molecular flexibility index (Phi) is 4.11. The van der Waals surface area contributed by atoms with E-state index >= 15 is 0 Å². The fraction of sp³-hybridized carbons (Fsp3) is 0.0625. The van der Waals surface area contributed by atoms with Crippen LogP contribution in [0.3, 0.4) is 0 Å². The Bertz CT molecular complexity index is 886. The molecule has 2 amide bonds. The standard InChI is InChI=1S/C16H14FN5O2/c17-12-5-10(1-2-14(12)22-4-3-19-9-22)7-21-16(24)13-6-11(8-20-13)15(18)23/h1-6,8-9,20H,7H2,(H2,18,23)(H,21,24). The first kappa shape index (κ1) is 15.5. The van der Waals surface area contributed by atoms with E-state index < -0.39 is 17.6 Å². The Hall–Kier alpha value is -3.42. The number of nitrogens with one attached hydrogen (secondary N) is 2. The van der Waals surface area contributed by atoms with Crippen LogP contribution < -0.4 is 11.1 Å². The average Bonchev–Trinajstić information content (AvgIpc) is 3.24. The number of aromatic nitrogens is 3. The van der Waals surface area contributed by atoms with Gasteiger partial charge in [0.1, 0.15) is 11.5 Å². The predicted octanol–water partition coefficient (Wildman–Crippen LogP) is 1.37. The van der Waals surface area contributed by atoms with Crippen LogP contribution in [0.15, 0.2) is 49.2 Å². The van der Waals surface area contributed by atoms with Crippen molar-refractivity contribution in [2.75, 3.05) is 0 Å². The first-order valence-corrected chi connectivity index (χ1v) is 7.08. The van der Waals surface area contributed by atoms with E-state index in [1.165, 1.54) is 24.7 Å². The highest BCUT2D eigenvalue weighted by Crippen LogP contribution is 2.15. The molecule has 8 heteroatoms. The van der Waals surface area contributed by atoms with Crippen LogP contribution in [0.1, 0.15) is 26.4 Å². The molecule has 0 radical (unpaired) electrons. The smallest absolute Gasteiger partial charge is 0.267 e. The number of primary amides is 1. The summed E-state index contributed by atoms with van der Waals surface area (Å²) in [6, 6.07) is 6.03. The molecule has 2 aromatic heterocycles. The first-order chi connectivity index (χ1) is 11.5. The Morgan fingerprint density at radius 3 is 2.79 bits per heavy atom. The minimum Gasteiger partial charge on any atom is -0.366 e. The average molecular weight is 327 g/mol. The molecular formula is C16H14FN5O2. The zero-order valence-electron chi connectivity index (χ0n) is 12.5. The van der Waals surface area contributed by atoms with Gasteiger partial charge in [-0.1, -0.05) is 6.07 Å². The van der Waals surface area contributed by atoms with Gasteiger partial charge in [-0.3, -0.25) is 9.59 Å². The summed E-state index contributed by atoms with van der Waals surface area (Å²) in [5.74, 6) is -1.46. The van der Waals surface area contributed by atoms with E-state index in [-0.39, 0.29) is 17.8 Å². The fourth-order valence-electron chi connectivity index (χ4n) is 2.22. The van der Waals surface area contributed by atoms with Crippen LogP contribution in [0.5, 0.6) is 0 Å². The van der Waals surface area contributed by atoms with Crippen molar-refractivity contribution >= 4 is 11.8 Å². The Morgan fingerprint density at radius 1 is 1.33 bits per heavy atom. The van der Waals surface area contributed by atoms with Crippen LogP contribution in [0.4, 0.5) is 4.39 Å². The van der Waals surface area contributed by atoms with Crippen molar-refractivity contribution < 1.29 is 14.0 Å². The monoisotopic (exact) mass is 327 g/mol. The van der Waals surface area contributed by atoms with Gasteiger partial charge in [0.15, 0.2) is 0 Å². The number of rotatable bonds is 5. The predicted molar refractivity (Wildman–Crippen MR) is 84.0 cm³/mol. The summed E-state index contributed by atoms with van der Waals surface area (Å²) in [5, 5.41) is 2.64. The molecule has 3 aromatic rings. The van der Waals surface area contributed by atoms with Crippen molar-refractivity contribution in [3.05, 3.63) is 71.8 Å². The van der Waals surface area contributed by atoms with Crippen molar-refractivity contribution in [1.29, 1.82) is 0 Å². The second-order valence-corrected chi connectivity index (χ2v) is 5.10. The largest absolute Gasteiger partial charge is 0.366 e. The van der Waals surface area contributed by atoms with Crippen LogP contribution in [-0.4, -0.2) is 26.3 Å². The fourth-order valence-corrected chi connectivity index (χ4v) is 2.22. The molecule has 2 heterocycles. The minimum atomic E-state index is -0.623. The molecule has 0 fully saturated rings. The minimum absolute atomic E-state index is 0.144. The molecule has 1 aromatic carbocycles. The second kappa shape index (κ2) is 6.37. The van der Waals surface area contributed by atoms with Crippen LogP contribution in [0.2, 0.25) is 0 Å². The molecule has 7 nitrogen and oxygen atoms in total. The quantitative estimate of drug-likeness (QED) is 0.659. The number of benzene rings is 1. The van der Waals surface area contributed by atoms with Gasteiger partial charge in [0.05, 0.1) is 17.6 Å². The summed E-state index contributed by atoms with van der Waals surface area (Å²) in [6.45, 7) is 0.144. The van der Waals surface area contributed by atoms with Crippen molar-refractivity contribution in [1.82, 2.24) is 19.9 Å². The summed E-state index contributed by atoms with van der Waals surface area (Å²) in [4.78, 5) is 29.5. The molecular weight excluding hydrogens is 313 g/mol. The summed E-state index contributed by atoms with van der Waals surface area (Å²) in [7, 11) is 0. The third kappa shape index (κ3) is 3.17. The van der Waals surface area contributed by atoms with E-state index in [9.17, 15) is 14.0 Å². The second-order valence-electron chi connectivity index (χ2n) is 5.10. The van der Waals surface area contributed by atoms with Crippen LogP contribution in [0, 0.1) is 5.82 Å². The molecule has 0 unspecified atom stereocenters. The highest BCUT2D eigenvalue weighted by Gasteiger charge is 2.11. The van der Waals surface area contributed by atoms with E-state index in [0.717, 1.165) is 0 Å². The van der Waals surface area contributed by atoms with E-state index in [4.69, 9.17) is 5.73 Å². The van der Waals surface area contributed by atoms with Crippen LogP contribution >= 0.6 is 0 Å². The van der Waals surface area contributed by atoms with Gasteiger partial charge in [0.2, 0.25) is 5.91 Å². The highest BCUT2D eigenvalue weighted by molar-refractivity contribution is 5.98. The van der Waals surface area contributed by atoms with E-state index in [1.54, 1.807) is 29.1 Å². The van der Waals surface area contributed by atoms with Gasteiger partial charge in [-0.05, 0) is 23.8 Å². The number of aromatic amines is 1. The maximum atomic E-state index is 14.1. The van der Waals surface area contributed by atoms with Crippen molar-refractivity contribution in [3.8, 4) is 5.69 Å². The summed E-state index contributed by atoms with van der Waals surface area (Å²) < 4.78 is 15.7. The SMILES string of the molecule is NC(=O)c1c[nH]c(C(=O)NCc2ccc(-n3ccnc3)c(F)c2)c1. The lowest BCUT2D eigenvalue weighted by Crippen LogP contribution is -2.23. The van der Waals surface area contributed by atoms with Gasteiger partial charge in [-0.15, -0.1) is 0 Å². The number of amides is 2. The number of hydrogen-bond donors (Lipinski definition) is 3. The molecule has 122 valence electrons. The summed E-state index contributed by atoms with van der Waals surface area (Å²) in [5.41, 5.74) is 6.53. The zero-order valence-corrected chi connectivity index (χ0v) is 12.5. The van der Waals surface area contributed by atoms with Gasteiger partial charge < -0.3 is 20.6 Å². The number of hydrogen-bond acceptors (Lipinski definition) is 3. The van der Waals surface area contributed by atoms with Crippen LogP contribution in [0.25, 0.3) is 5.69 Å². The highest BCUT2D eigenvalue weighted by atomic mass is 19.1. The van der Waals surface area contributed by atoms with E-state index in [2.05, 4.69) is 15.3 Å². The Morgan fingerprint density at radius 2 is 2.17 bits per heavy atom. The maximum absolute atomic E-state index is 14.1. The van der Waals surface area contributed by atoms with Crippen molar-refractivity contribution in [2.24, 2.45) is 5.73 Å². The molecule has 0 saturated heterocycles. The molecule has 0 aliphatic rings. The first-order valence-electron chi connectivity index (χ1n) is 7.08. The Balaban J connectivity index is 1.67. The number of carbonyl (C=O) groups is 2. The lowest BCUT2D eigenvalue weighted by molar-refractivity contribution is 0.0946. The zero-order chi connectivity index (χ0) is 17.1. The summed E-state index contributed by atoms with van der Waals surface area (Å²) >= 11 is 0. The lowest BCUT2D eigenvalue weighted by Gasteiger charge is -2.08. The molecule has 3 rings (SSSR count). The third-order valence-corrected chi connectivity index (χ3v) is 3.46. The van der Waals surface area contributed by atoms with E-state index in [1.807, 2.05) is 0 Å². The van der Waals surface area contributed by atoms with Gasteiger partial charge >= 0.3 is 0 Å². The number of nitrogens with two attached hydrogens (primary N) is 1. The van der Waals surface area contributed by atoms with Gasteiger partial charge in [-0.25, -0.2) is 9.37 Å². The number of carbonyl (C=O) groups excluding carboxylic acids is 2. The number of imidazole rings is 1. The molecule has 0 bridgehead atoms. The molecule has 0 saturated carbocycles. The third-order valence-electron chi connectivity index (χ3n) is 3.46.